The molecule has 1 aliphatic heterocycles. The molecule has 2 aliphatic carbocycles. The molecule has 0 radical (unpaired) electrons. The van der Waals surface area contributed by atoms with Crippen molar-refractivity contribution >= 4 is 17.8 Å². The van der Waals surface area contributed by atoms with Crippen LogP contribution in [0.15, 0.2) is 0 Å². The van der Waals surface area contributed by atoms with E-state index in [-0.39, 0.29) is 30.2 Å². The van der Waals surface area contributed by atoms with Crippen molar-refractivity contribution in [2.45, 2.75) is 44.7 Å². The molecule has 7 nitrogen and oxygen atoms in total. The number of methoxy groups -OCH3 is 1. The van der Waals surface area contributed by atoms with Crippen molar-refractivity contribution in [2.24, 2.45) is 5.92 Å². The van der Waals surface area contributed by atoms with E-state index >= 15 is 0 Å². The van der Waals surface area contributed by atoms with Crippen LogP contribution in [0.3, 0.4) is 0 Å². The van der Waals surface area contributed by atoms with Gasteiger partial charge >= 0.3 is 5.97 Å². The second kappa shape index (κ2) is 7.09. The largest absolute Gasteiger partial charge is 0.468 e. The Morgan fingerprint density at radius 3 is 2.12 bits per heavy atom. The molecule has 1 saturated heterocycles. The topological polar surface area (TPSA) is 70.2 Å². The van der Waals surface area contributed by atoms with E-state index in [0.29, 0.717) is 32.2 Å². The fourth-order valence-corrected chi connectivity index (χ4v) is 3.32. The Hall–Kier alpha value is -1.63. The first-order valence-corrected chi connectivity index (χ1v) is 8.91. The van der Waals surface area contributed by atoms with Gasteiger partial charge in [-0.15, -0.1) is 0 Å². The van der Waals surface area contributed by atoms with Crippen molar-refractivity contribution in [2.75, 3.05) is 39.8 Å². The highest BCUT2D eigenvalue weighted by Gasteiger charge is 2.38. The Bertz CT molecular complexity index is 508. The first-order chi connectivity index (χ1) is 11.5. The van der Waals surface area contributed by atoms with Crippen molar-refractivity contribution in [1.29, 1.82) is 0 Å². The van der Waals surface area contributed by atoms with Crippen LogP contribution in [0.5, 0.6) is 0 Å². The van der Waals surface area contributed by atoms with Crippen molar-refractivity contribution < 1.29 is 19.1 Å². The Labute approximate surface area is 142 Å². The Balaban J connectivity index is 1.50. The van der Waals surface area contributed by atoms with Crippen LogP contribution in [0.1, 0.15) is 32.6 Å². The van der Waals surface area contributed by atoms with Crippen LogP contribution in [-0.4, -0.2) is 84.4 Å². The summed E-state index contributed by atoms with van der Waals surface area (Å²) in [4.78, 5) is 42.1. The van der Waals surface area contributed by atoms with Gasteiger partial charge in [0.05, 0.1) is 13.7 Å². The molecule has 7 heteroatoms. The molecule has 134 valence electrons. The van der Waals surface area contributed by atoms with E-state index in [2.05, 4.69) is 0 Å². The zero-order valence-electron chi connectivity index (χ0n) is 14.6. The molecule has 0 N–H and O–H groups in total. The minimum atomic E-state index is -0.399. The van der Waals surface area contributed by atoms with Gasteiger partial charge in [-0.05, 0) is 32.6 Å². The first-order valence-electron chi connectivity index (χ1n) is 8.91. The van der Waals surface area contributed by atoms with Gasteiger partial charge in [0.1, 0.15) is 6.04 Å². The first kappa shape index (κ1) is 17.2. The molecule has 1 heterocycles. The number of esters is 1. The highest BCUT2D eigenvalue weighted by molar-refractivity contribution is 5.83. The monoisotopic (exact) mass is 337 g/mol. The molecule has 0 bridgehead atoms. The number of amides is 2. The van der Waals surface area contributed by atoms with Gasteiger partial charge < -0.3 is 14.5 Å². The molecule has 2 amide bonds. The normalized spacial score (nSPS) is 22.5. The average Bonchev–Trinajstić information content (AvgIpc) is 3.49. The maximum atomic E-state index is 12.6. The van der Waals surface area contributed by atoms with Crippen LogP contribution in [0, 0.1) is 5.92 Å². The van der Waals surface area contributed by atoms with E-state index in [0.717, 1.165) is 25.7 Å². The fraction of sp³-hybridized carbons (Fsp3) is 0.824. The van der Waals surface area contributed by atoms with Gasteiger partial charge in [0.15, 0.2) is 0 Å². The molecule has 2 saturated carbocycles. The number of hydrogen-bond donors (Lipinski definition) is 0. The minimum absolute atomic E-state index is 0.0381. The summed E-state index contributed by atoms with van der Waals surface area (Å²) in [6.07, 6.45) is 4.08. The maximum absolute atomic E-state index is 12.6. The summed E-state index contributed by atoms with van der Waals surface area (Å²) in [7, 11) is 1.38. The highest BCUT2D eigenvalue weighted by Crippen LogP contribution is 2.31. The molecule has 3 aliphatic rings. The van der Waals surface area contributed by atoms with Crippen molar-refractivity contribution in [3.8, 4) is 0 Å². The standard InChI is InChI=1S/C17H27N3O4/c1-12(17(23)24-2)20(14-5-6-14)11-15(21)18-7-9-19(10-8-18)16(22)13-3-4-13/h12-14H,3-11H2,1-2H3. The van der Waals surface area contributed by atoms with E-state index in [1.54, 1.807) is 6.92 Å². The predicted molar refractivity (Wildman–Crippen MR) is 87.1 cm³/mol. The number of ether oxygens (including phenoxy) is 1. The molecular weight excluding hydrogens is 310 g/mol. The van der Waals surface area contributed by atoms with Crippen molar-refractivity contribution in [3.05, 3.63) is 0 Å². The summed E-state index contributed by atoms with van der Waals surface area (Å²) in [6, 6.07) is -0.0926. The van der Waals surface area contributed by atoms with Crippen LogP contribution < -0.4 is 0 Å². The molecule has 1 unspecified atom stereocenters. The lowest BCUT2D eigenvalue weighted by molar-refractivity contribution is -0.148. The van der Waals surface area contributed by atoms with Crippen LogP contribution in [-0.2, 0) is 19.1 Å². The number of carbonyl (C=O) groups excluding carboxylic acids is 3. The summed E-state index contributed by atoms with van der Waals surface area (Å²) in [5.41, 5.74) is 0. The Kier molecular flexibility index (Phi) is 5.08. The van der Waals surface area contributed by atoms with Gasteiger partial charge in [-0.25, -0.2) is 0 Å². The molecule has 0 aromatic rings. The van der Waals surface area contributed by atoms with Crippen LogP contribution >= 0.6 is 0 Å². The lowest BCUT2D eigenvalue weighted by Crippen LogP contribution is -2.54. The molecule has 24 heavy (non-hydrogen) atoms. The van der Waals surface area contributed by atoms with Gasteiger partial charge in [-0.3, -0.25) is 19.3 Å². The second-order valence-corrected chi connectivity index (χ2v) is 7.08. The lowest BCUT2D eigenvalue weighted by Gasteiger charge is -2.36. The van der Waals surface area contributed by atoms with Crippen molar-refractivity contribution in [3.63, 3.8) is 0 Å². The zero-order valence-corrected chi connectivity index (χ0v) is 14.6. The fourth-order valence-electron chi connectivity index (χ4n) is 3.32. The molecule has 3 fully saturated rings. The smallest absolute Gasteiger partial charge is 0.322 e. The number of piperazine rings is 1. The molecule has 1 atom stereocenters. The molecule has 3 rings (SSSR count). The van der Waals surface area contributed by atoms with Crippen LogP contribution in [0.25, 0.3) is 0 Å². The Morgan fingerprint density at radius 2 is 1.62 bits per heavy atom. The molecule has 0 aromatic heterocycles. The third-order valence-electron chi connectivity index (χ3n) is 5.24. The zero-order chi connectivity index (χ0) is 17.3. The molecule has 0 spiro atoms. The maximum Gasteiger partial charge on any atom is 0.322 e. The number of carbonyl (C=O) groups is 3. The lowest BCUT2D eigenvalue weighted by atomic mass is 10.2. The molecule has 0 aromatic carbocycles. The number of rotatable bonds is 6. The highest BCUT2D eigenvalue weighted by atomic mass is 16.5. The van der Waals surface area contributed by atoms with Crippen LogP contribution in [0.4, 0.5) is 0 Å². The van der Waals surface area contributed by atoms with E-state index in [1.165, 1.54) is 7.11 Å². The molecular formula is C17H27N3O4. The van der Waals surface area contributed by atoms with Gasteiger partial charge in [-0.1, -0.05) is 0 Å². The number of hydrogen-bond acceptors (Lipinski definition) is 5. The summed E-state index contributed by atoms with van der Waals surface area (Å²) in [6.45, 7) is 4.46. The van der Waals surface area contributed by atoms with Gasteiger partial charge in [-0.2, -0.15) is 0 Å². The van der Waals surface area contributed by atoms with Crippen LogP contribution in [0.2, 0.25) is 0 Å². The van der Waals surface area contributed by atoms with Gasteiger partial charge in [0.2, 0.25) is 11.8 Å². The summed E-state index contributed by atoms with van der Waals surface area (Å²) < 4.78 is 4.82. The minimum Gasteiger partial charge on any atom is -0.468 e. The van der Waals surface area contributed by atoms with E-state index < -0.39 is 6.04 Å². The van der Waals surface area contributed by atoms with Crippen molar-refractivity contribution in [1.82, 2.24) is 14.7 Å². The van der Waals surface area contributed by atoms with E-state index in [4.69, 9.17) is 4.74 Å². The quantitative estimate of drug-likeness (QED) is 0.643. The third kappa shape index (κ3) is 3.88. The summed E-state index contributed by atoms with van der Waals surface area (Å²) >= 11 is 0. The van der Waals surface area contributed by atoms with E-state index in [1.807, 2.05) is 14.7 Å². The van der Waals surface area contributed by atoms with E-state index in [9.17, 15) is 14.4 Å². The SMILES string of the molecule is COC(=O)C(C)N(CC(=O)N1CCN(C(=O)C2CC2)CC1)C1CC1. The average molecular weight is 337 g/mol. The van der Waals surface area contributed by atoms with Gasteiger partial charge in [0.25, 0.3) is 0 Å². The third-order valence-corrected chi connectivity index (χ3v) is 5.24. The second-order valence-electron chi connectivity index (χ2n) is 7.08. The Morgan fingerprint density at radius 1 is 1.04 bits per heavy atom. The number of nitrogens with zero attached hydrogens (tertiary/aromatic N) is 3. The van der Waals surface area contributed by atoms with Gasteiger partial charge in [0, 0.05) is 38.1 Å². The summed E-state index contributed by atoms with van der Waals surface area (Å²) in [5.74, 6) is 0.227. The predicted octanol–water partition coefficient (Wildman–Crippen LogP) is 0.0931. The summed E-state index contributed by atoms with van der Waals surface area (Å²) in [5, 5.41) is 0.